The Morgan fingerprint density at radius 1 is 1.28 bits per heavy atom. The Bertz CT molecular complexity index is 968. The molecule has 1 aliphatic rings. The predicted octanol–water partition coefficient (Wildman–Crippen LogP) is 4.75. The second-order valence-electron chi connectivity index (χ2n) is 8.75. The van der Waals surface area contributed by atoms with E-state index in [0.29, 0.717) is 30.8 Å². The summed E-state index contributed by atoms with van der Waals surface area (Å²) in [7, 11) is 0. The third-order valence-electron chi connectivity index (χ3n) is 6.01. The third kappa shape index (κ3) is 6.45. The van der Waals surface area contributed by atoms with Crippen LogP contribution in [0.3, 0.4) is 0 Å². The summed E-state index contributed by atoms with van der Waals surface area (Å²) in [4.78, 5) is 16.2. The highest BCUT2D eigenvalue weighted by atomic mass is 19.3. The zero-order valence-electron chi connectivity index (χ0n) is 19.0. The van der Waals surface area contributed by atoms with Gasteiger partial charge in [0, 0.05) is 43.8 Å². The molecule has 1 amide bonds. The third-order valence-corrected chi connectivity index (χ3v) is 6.01. The van der Waals surface area contributed by atoms with Crippen molar-refractivity contribution >= 4 is 28.5 Å². The molecule has 6 nitrogen and oxygen atoms in total. The van der Waals surface area contributed by atoms with Crippen molar-refractivity contribution in [3.63, 3.8) is 0 Å². The van der Waals surface area contributed by atoms with E-state index in [9.17, 15) is 13.6 Å². The van der Waals surface area contributed by atoms with Gasteiger partial charge in [-0.25, -0.2) is 13.8 Å². The Hall–Kier alpha value is -2.61. The van der Waals surface area contributed by atoms with Crippen molar-refractivity contribution in [1.29, 1.82) is 5.41 Å². The van der Waals surface area contributed by atoms with Gasteiger partial charge in [0.1, 0.15) is 11.7 Å². The highest BCUT2D eigenvalue weighted by molar-refractivity contribution is 6.10. The van der Waals surface area contributed by atoms with E-state index >= 15 is 0 Å². The number of alkyl halides is 2. The Kier molecular flexibility index (Phi) is 7.77. The molecule has 1 fully saturated rings. The maximum Gasteiger partial charge on any atom is 0.248 e. The van der Waals surface area contributed by atoms with Gasteiger partial charge in [-0.3, -0.25) is 10.2 Å². The first kappa shape index (κ1) is 24.0. The van der Waals surface area contributed by atoms with Crippen LogP contribution >= 0.6 is 0 Å². The smallest absolute Gasteiger partial charge is 0.248 e. The van der Waals surface area contributed by atoms with Gasteiger partial charge in [-0.2, -0.15) is 0 Å². The average Bonchev–Trinajstić information content (AvgIpc) is 2.73. The lowest BCUT2D eigenvalue weighted by molar-refractivity contribution is -0.117. The van der Waals surface area contributed by atoms with Crippen molar-refractivity contribution in [2.45, 2.75) is 77.3 Å². The monoisotopic (exact) mass is 445 g/mol. The number of benzene rings is 1. The van der Waals surface area contributed by atoms with E-state index in [2.05, 4.69) is 22.9 Å². The minimum atomic E-state index is -2.52. The molecule has 0 aliphatic heterocycles. The largest absolute Gasteiger partial charge is 0.369 e. The number of aryl methyl sites for hydroxylation is 1. The lowest BCUT2D eigenvalue weighted by atomic mass is 9.91. The summed E-state index contributed by atoms with van der Waals surface area (Å²) in [6.07, 6.45) is 2.60. The summed E-state index contributed by atoms with van der Waals surface area (Å²) in [5.74, 6) is -2.27. The maximum atomic E-state index is 13.4. The van der Waals surface area contributed by atoms with Crippen LogP contribution in [0.5, 0.6) is 0 Å². The van der Waals surface area contributed by atoms with Crippen molar-refractivity contribution < 1.29 is 13.6 Å². The number of fused-ring (bicyclic) bond motifs is 1. The van der Waals surface area contributed by atoms with E-state index in [1.165, 1.54) is 6.92 Å². The van der Waals surface area contributed by atoms with Crippen LogP contribution in [0.25, 0.3) is 10.9 Å². The standard InChI is InChI=1S/C24H33F2N5O/c1-4-18(30-19-7-10-24(25,26)11-8-19)9-12-28-23-20(22(27)29-16(3)32)14-17-13-15(2)5-6-21(17)31-23/h5-6,13-14,18-19,30H,4,7-12H2,1-3H3,(H,28,31)(H2,27,29,32). The number of amides is 1. The van der Waals surface area contributed by atoms with Crippen molar-refractivity contribution in [2.75, 3.05) is 11.9 Å². The van der Waals surface area contributed by atoms with E-state index in [1.54, 1.807) is 0 Å². The zero-order valence-corrected chi connectivity index (χ0v) is 19.0. The van der Waals surface area contributed by atoms with Crippen LogP contribution in [-0.2, 0) is 4.79 Å². The van der Waals surface area contributed by atoms with Crippen LogP contribution < -0.4 is 16.0 Å². The second kappa shape index (κ2) is 10.3. The Morgan fingerprint density at radius 2 is 2.00 bits per heavy atom. The summed E-state index contributed by atoms with van der Waals surface area (Å²) >= 11 is 0. The summed E-state index contributed by atoms with van der Waals surface area (Å²) < 4.78 is 26.8. The summed E-state index contributed by atoms with van der Waals surface area (Å²) in [6.45, 7) is 6.07. The predicted molar refractivity (Wildman–Crippen MR) is 125 cm³/mol. The number of nitrogens with zero attached hydrogens (tertiary/aromatic N) is 1. The van der Waals surface area contributed by atoms with Crippen molar-refractivity contribution in [3.05, 3.63) is 35.4 Å². The zero-order chi connectivity index (χ0) is 23.3. The highest BCUT2D eigenvalue weighted by Gasteiger charge is 2.35. The van der Waals surface area contributed by atoms with Gasteiger partial charge in [-0.1, -0.05) is 18.6 Å². The normalized spacial score (nSPS) is 17.2. The van der Waals surface area contributed by atoms with Gasteiger partial charge in [-0.15, -0.1) is 0 Å². The van der Waals surface area contributed by atoms with Gasteiger partial charge < -0.3 is 16.0 Å². The lowest BCUT2D eigenvalue weighted by Gasteiger charge is -2.32. The van der Waals surface area contributed by atoms with Crippen molar-refractivity contribution in [2.24, 2.45) is 0 Å². The molecule has 0 bridgehead atoms. The maximum absolute atomic E-state index is 13.4. The number of carbonyl (C=O) groups is 1. The Balaban J connectivity index is 1.67. The van der Waals surface area contributed by atoms with Gasteiger partial charge in [0.25, 0.3) is 0 Å². The molecule has 8 heteroatoms. The first-order valence-electron chi connectivity index (χ1n) is 11.3. The molecule has 0 radical (unpaired) electrons. The number of hydrogen-bond acceptors (Lipinski definition) is 5. The van der Waals surface area contributed by atoms with Gasteiger partial charge in [0.05, 0.1) is 11.1 Å². The Morgan fingerprint density at radius 3 is 2.66 bits per heavy atom. The number of aromatic nitrogens is 1. The molecule has 3 rings (SSSR count). The topological polar surface area (TPSA) is 89.9 Å². The van der Waals surface area contributed by atoms with E-state index in [4.69, 9.17) is 10.4 Å². The van der Waals surface area contributed by atoms with E-state index in [0.717, 1.165) is 29.3 Å². The lowest BCUT2D eigenvalue weighted by Crippen LogP contribution is -2.43. The molecule has 1 aromatic heterocycles. The summed E-state index contributed by atoms with van der Waals surface area (Å²) in [5.41, 5.74) is 2.44. The molecule has 32 heavy (non-hydrogen) atoms. The van der Waals surface area contributed by atoms with Crippen LogP contribution in [0.4, 0.5) is 14.6 Å². The molecule has 2 aromatic rings. The molecule has 1 unspecified atom stereocenters. The minimum Gasteiger partial charge on any atom is -0.369 e. The van der Waals surface area contributed by atoms with Crippen LogP contribution in [0.1, 0.15) is 63.5 Å². The highest BCUT2D eigenvalue weighted by Crippen LogP contribution is 2.33. The quantitative estimate of drug-likeness (QED) is 0.349. The van der Waals surface area contributed by atoms with E-state index in [1.807, 2.05) is 31.2 Å². The van der Waals surface area contributed by atoms with Gasteiger partial charge in [0.2, 0.25) is 11.8 Å². The fourth-order valence-electron chi connectivity index (χ4n) is 4.17. The summed E-state index contributed by atoms with van der Waals surface area (Å²) in [6, 6.07) is 8.14. The fraction of sp³-hybridized carbons (Fsp3) is 0.542. The van der Waals surface area contributed by atoms with Crippen LogP contribution in [0.2, 0.25) is 0 Å². The van der Waals surface area contributed by atoms with Gasteiger partial charge in [0.15, 0.2) is 0 Å². The molecule has 1 aliphatic carbocycles. The minimum absolute atomic E-state index is 0.00389. The molecule has 1 saturated carbocycles. The summed E-state index contributed by atoms with van der Waals surface area (Å²) in [5, 5.41) is 18.6. The Labute approximate surface area is 188 Å². The first-order chi connectivity index (χ1) is 15.2. The number of carbonyl (C=O) groups excluding carboxylic acids is 1. The molecule has 1 aromatic carbocycles. The van der Waals surface area contributed by atoms with Crippen molar-refractivity contribution in [3.8, 4) is 0 Å². The number of amidine groups is 1. The first-order valence-corrected chi connectivity index (χ1v) is 11.3. The number of rotatable bonds is 8. The van der Waals surface area contributed by atoms with E-state index in [-0.39, 0.29) is 36.7 Å². The number of halogens is 2. The van der Waals surface area contributed by atoms with E-state index < -0.39 is 5.92 Å². The average molecular weight is 446 g/mol. The van der Waals surface area contributed by atoms with Gasteiger partial charge >= 0.3 is 0 Å². The molecule has 1 heterocycles. The SMILES string of the molecule is CCC(CCNc1nc2ccc(C)cc2cc1C(=N)NC(C)=O)NC1CCC(F)(F)CC1. The molecule has 4 N–H and O–H groups in total. The molecule has 1 atom stereocenters. The number of nitrogens with one attached hydrogen (secondary N) is 4. The fourth-order valence-corrected chi connectivity index (χ4v) is 4.17. The molecular formula is C24H33F2N5O. The molecule has 0 spiro atoms. The van der Waals surface area contributed by atoms with Crippen LogP contribution in [0, 0.1) is 12.3 Å². The second-order valence-corrected chi connectivity index (χ2v) is 8.75. The number of pyridine rings is 1. The molecule has 0 saturated heterocycles. The van der Waals surface area contributed by atoms with Crippen LogP contribution in [-0.4, -0.2) is 41.3 Å². The number of anilines is 1. The molecular weight excluding hydrogens is 412 g/mol. The van der Waals surface area contributed by atoms with Crippen LogP contribution in [0.15, 0.2) is 24.3 Å². The molecule has 174 valence electrons. The van der Waals surface area contributed by atoms with Crippen molar-refractivity contribution in [1.82, 2.24) is 15.6 Å². The number of hydrogen-bond donors (Lipinski definition) is 4. The van der Waals surface area contributed by atoms with Gasteiger partial charge in [-0.05, 0) is 50.8 Å².